The topological polar surface area (TPSA) is 73.3 Å². The van der Waals surface area contributed by atoms with Gasteiger partial charge in [-0.2, -0.15) is 9.61 Å². The van der Waals surface area contributed by atoms with Crippen LogP contribution in [-0.4, -0.2) is 14.6 Å². The van der Waals surface area contributed by atoms with Crippen LogP contribution in [0, 0.1) is 0 Å². The van der Waals surface area contributed by atoms with E-state index < -0.39 is 0 Å². The molecule has 3 aromatic rings. The molecule has 3 rings (SSSR count). The molecule has 0 aliphatic carbocycles. The minimum absolute atomic E-state index is 0.158. The van der Waals surface area contributed by atoms with Gasteiger partial charge in [0.1, 0.15) is 5.51 Å². The van der Waals surface area contributed by atoms with Crippen molar-refractivity contribution in [1.82, 2.24) is 14.6 Å². The number of anilines is 1. The molecule has 1 aromatic carbocycles. The lowest BCUT2D eigenvalue weighted by atomic mass is 10.3. The van der Waals surface area contributed by atoms with Gasteiger partial charge >= 0.3 is 0 Å². The molecule has 0 amide bonds. The summed E-state index contributed by atoms with van der Waals surface area (Å²) in [6.45, 7) is 0. The number of nitrogens with two attached hydrogens (primary N) is 1. The molecule has 20 heavy (non-hydrogen) atoms. The van der Waals surface area contributed by atoms with E-state index in [0.717, 1.165) is 15.1 Å². The third kappa shape index (κ3) is 2.72. The molecule has 0 unspecified atom stereocenters. The van der Waals surface area contributed by atoms with Gasteiger partial charge in [-0.25, -0.2) is 4.98 Å². The summed E-state index contributed by atoms with van der Waals surface area (Å²) in [6, 6.07) is 7.21. The van der Waals surface area contributed by atoms with Gasteiger partial charge in [-0.05, 0) is 18.2 Å². The standard InChI is InChI=1S/C12H9BrN4OS2/c13-7-1-2-9(14)10(3-7)19-5-8-4-11(18)17-12(16-8)20-6-15-17/h1-4,6H,5,14H2. The maximum atomic E-state index is 11.8. The highest BCUT2D eigenvalue weighted by molar-refractivity contribution is 9.10. The van der Waals surface area contributed by atoms with Gasteiger partial charge in [-0.1, -0.05) is 27.3 Å². The van der Waals surface area contributed by atoms with Crippen molar-refractivity contribution < 1.29 is 0 Å². The van der Waals surface area contributed by atoms with Crippen LogP contribution in [-0.2, 0) is 5.75 Å². The average Bonchev–Trinajstić information content (AvgIpc) is 2.89. The average molecular weight is 369 g/mol. The van der Waals surface area contributed by atoms with E-state index in [1.54, 1.807) is 17.3 Å². The molecule has 2 heterocycles. The van der Waals surface area contributed by atoms with E-state index >= 15 is 0 Å². The van der Waals surface area contributed by atoms with Crippen LogP contribution in [0.2, 0.25) is 0 Å². The molecule has 0 bridgehead atoms. The van der Waals surface area contributed by atoms with Crippen LogP contribution in [0.5, 0.6) is 0 Å². The molecule has 0 spiro atoms. The van der Waals surface area contributed by atoms with Crippen LogP contribution in [0.25, 0.3) is 4.96 Å². The van der Waals surface area contributed by atoms with E-state index in [1.807, 2.05) is 18.2 Å². The number of hydrogen-bond acceptors (Lipinski definition) is 6. The number of halogens is 1. The third-order valence-electron chi connectivity index (χ3n) is 2.59. The first-order valence-corrected chi connectivity index (χ1v) is 8.29. The Morgan fingerprint density at radius 2 is 2.25 bits per heavy atom. The normalized spacial score (nSPS) is 11.1. The molecule has 0 atom stereocenters. The second-order valence-corrected chi connectivity index (χ2v) is 6.73. The fourth-order valence-electron chi connectivity index (χ4n) is 1.66. The summed E-state index contributed by atoms with van der Waals surface area (Å²) in [6.07, 6.45) is 0. The first-order chi connectivity index (χ1) is 9.63. The van der Waals surface area contributed by atoms with Crippen LogP contribution in [0.3, 0.4) is 0 Å². The molecule has 0 aliphatic rings. The molecular formula is C12H9BrN4OS2. The second kappa shape index (κ2) is 5.55. The molecule has 2 N–H and O–H groups in total. The third-order valence-corrected chi connectivity index (χ3v) is 4.86. The van der Waals surface area contributed by atoms with E-state index in [-0.39, 0.29) is 5.56 Å². The Kier molecular flexibility index (Phi) is 3.77. The molecule has 8 heteroatoms. The predicted octanol–water partition coefficient (Wildman–Crippen LogP) is 2.79. The van der Waals surface area contributed by atoms with Gasteiger partial charge in [0, 0.05) is 26.9 Å². The summed E-state index contributed by atoms with van der Waals surface area (Å²) in [5.74, 6) is 0.588. The molecule has 2 aromatic heterocycles. The SMILES string of the molecule is Nc1ccc(Br)cc1SCc1cc(=O)n2ncsc2n1. The lowest BCUT2D eigenvalue weighted by Gasteiger charge is -2.05. The highest BCUT2D eigenvalue weighted by atomic mass is 79.9. The van der Waals surface area contributed by atoms with Gasteiger partial charge in [0.25, 0.3) is 5.56 Å². The summed E-state index contributed by atoms with van der Waals surface area (Å²) in [5, 5.41) is 3.93. The minimum atomic E-state index is -0.158. The summed E-state index contributed by atoms with van der Waals surface area (Å²) in [7, 11) is 0. The highest BCUT2D eigenvalue weighted by Crippen LogP contribution is 2.30. The van der Waals surface area contributed by atoms with Gasteiger partial charge in [0.2, 0.25) is 4.96 Å². The molecule has 0 saturated heterocycles. The zero-order chi connectivity index (χ0) is 14.1. The Balaban J connectivity index is 1.86. The van der Waals surface area contributed by atoms with Crippen molar-refractivity contribution in [2.24, 2.45) is 0 Å². The zero-order valence-electron chi connectivity index (χ0n) is 10.1. The Morgan fingerprint density at radius 3 is 3.10 bits per heavy atom. The minimum Gasteiger partial charge on any atom is -0.398 e. The number of nitrogen functional groups attached to an aromatic ring is 1. The van der Waals surface area contributed by atoms with Crippen LogP contribution in [0.1, 0.15) is 5.69 Å². The summed E-state index contributed by atoms with van der Waals surface area (Å²) < 4.78 is 2.27. The fraction of sp³-hybridized carbons (Fsp3) is 0.0833. The lowest BCUT2D eigenvalue weighted by Crippen LogP contribution is -2.14. The maximum Gasteiger partial charge on any atom is 0.275 e. The Hall–Kier alpha value is -1.38. The first-order valence-electron chi connectivity index (χ1n) is 5.64. The molecule has 5 nitrogen and oxygen atoms in total. The quantitative estimate of drug-likeness (QED) is 0.568. The predicted molar refractivity (Wildman–Crippen MR) is 85.2 cm³/mol. The Morgan fingerprint density at radius 1 is 1.40 bits per heavy atom. The van der Waals surface area contributed by atoms with Gasteiger partial charge < -0.3 is 5.73 Å². The summed E-state index contributed by atoms with van der Waals surface area (Å²) in [5.41, 5.74) is 8.81. The Labute approximate surface area is 131 Å². The highest BCUT2D eigenvalue weighted by Gasteiger charge is 2.07. The zero-order valence-corrected chi connectivity index (χ0v) is 13.3. The molecule has 0 radical (unpaired) electrons. The van der Waals surface area contributed by atoms with Crippen molar-refractivity contribution in [2.75, 3.05) is 5.73 Å². The molecule has 102 valence electrons. The van der Waals surface area contributed by atoms with Crippen LogP contribution < -0.4 is 11.3 Å². The van der Waals surface area contributed by atoms with Gasteiger partial charge in [0.05, 0.1) is 5.69 Å². The number of rotatable bonds is 3. The van der Waals surface area contributed by atoms with Crippen molar-refractivity contribution >= 4 is 49.7 Å². The molecule has 0 fully saturated rings. The summed E-state index contributed by atoms with van der Waals surface area (Å²) in [4.78, 5) is 17.8. The van der Waals surface area contributed by atoms with Crippen LogP contribution in [0.4, 0.5) is 5.69 Å². The first kappa shape index (κ1) is 13.6. The van der Waals surface area contributed by atoms with Crippen LogP contribution >= 0.6 is 39.0 Å². The van der Waals surface area contributed by atoms with Crippen LogP contribution in [0.15, 0.2) is 43.9 Å². The van der Waals surface area contributed by atoms with Crippen molar-refractivity contribution in [2.45, 2.75) is 10.6 Å². The summed E-state index contributed by atoms with van der Waals surface area (Å²) >= 11 is 6.31. The van der Waals surface area contributed by atoms with Gasteiger partial charge in [-0.3, -0.25) is 4.79 Å². The van der Waals surface area contributed by atoms with E-state index in [0.29, 0.717) is 16.4 Å². The monoisotopic (exact) mass is 368 g/mol. The Bertz CT molecular complexity index is 830. The molecule has 0 saturated carbocycles. The van der Waals surface area contributed by atoms with Gasteiger partial charge in [-0.15, -0.1) is 11.8 Å². The molecular weight excluding hydrogens is 360 g/mol. The van der Waals surface area contributed by atoms with Crippen molar-refractivity contribution in [3.05, 3.63) is 50.3 Å². The van der Waals surface area contributed by atoms with Crippen molar-refractivity contribution in [3.63, 3.8) is 0 Å². The lowest BCUT2D eigenvalue weighted by molar-refractivity contribution is 0.888. The number of nitrogens with zero attached hydrogens (tertiary/aromatic N) is 3. The smallest absolute Gasteiger partial charge is 0.275 e. The number of aromatic nitrogens is 3. The maximum absolute atomic E-state index is 11.8. The van der Waals surface area contributed by atoms with Crippen molar-refractivity contribution in [3.8, 4) is 0 Å². The molecule has 0 aliphatic heterocycles. The van der Waals surface area contributed by atoms with Crippen molar-refractivity contribution in [1.29, 1.82) is 0 Å². The van der Waals surface area contributed by atoms with E-state index in [4.69, 9.17) is 5.73 Å². The van der Waals surface area contributed by atoms with E-state index in [1.165, 1.54) is 21.9 Å². The second-order valence-electron chi connectivity index (χ2n) is 3.99. The number of fused-ring (bicyclic) bond motifs is 1. The van der Waals surface area contributed by atoms with Gasteiger partial charge in [0.15, 0.2) is 0 Å². The fourth-order valence-corrected chi connectivity index (χ4v) is 3.71. The number of hydrogen-bond donors (Lipinski definition) is 1. The number of benzene rings is 1. The van der Waals surface area contributed by atoms with E-state index in [9.17, 15) is 4.79 Å². The number of thioether (sulfide) groups is 1. The largest absolute Gasteiger partial charge is 0.398 e. The van der Waals surface area contributed by atoms with E-state index in [2.05, 4.69) is 26.0 Å².